The van der Waals surface area contributed by atoms with Gasteiger partial charge in [-0.15, -0.1) is 0 Å². The van der Waals surface area contributed by atoms with Gasteiger partial charge in [-0.1, -0.05) is 60.7 Å². The molecular weight excluding hydrogens is 448 g/mol. The van der Waals surface area contributed by atoms with Gasteiger partial charge in [0.1, 0.15) is 0 Å². The summed E-state index contributed by atoms with van der Waals surface area (Å²) in [7, 11) is 0. The molecule has 2 heterocycles. The fraction of sp³-hybridized carbons (Fsp3) is 0.267. The lowest BCUT2D eigenvalue weighted by molar-refractivity contribution is 0.0995. The predicted molar refractivity (Wildman–Crippen MR) is 142 cm³/mol. The Kier molecular flexibility index (Phi) is 6.98. The summed E-state index contributed by atoms with van der Waals surface area (Å²) in [6.07, 6.45) is 3.10. The van der Waals surface area contributed by atoms with Gasteiger partial charge in [-0.25, -0.2) is 4.68 Å². The van der Waals surface area contributed by atoms with Crippen LogP contribution in [0.3, 0.4) is 0 Å². The van der Waals surface area contributed by atoms with Gasteiger partial charge in [0.05, 0.1) is 12.3 Å². The lowest BCUT2D eigenvalue weighted by Gasteiger charge is -2.22. The van der Waals surface area contributed by atoms with Gasteiger partial charge < -0.3 is 10.8 Å². The van der Waals surface area contributed by atoms with Crippen molar-refractivity contribution in [3.63, 3.8) is 0 Å². The molecule has 0 spiro atoms. The third-order valence-electron chi connectivity index (χ3n) is 7.07. The monoisotopic (exact) mass is 480 g/mol. The average Bonchev–Trinajstić information content (AvgIpc) is 3.52. The molecule has 1 amide bonds. The zero-order chi connectivity index (χ0) is 25.1. The number of carbonyl (C=O) groups is 1. The number of rotatable bonds is 8. The molecule has 5 rings (SSSR count). The molecular formula is C30H32N4O2. The number of carbonyl (C=O) groups excluding carboxylic acids is 1. The first-order valence-corrected chi connectivity index (χ1v) is 12.5. The van der Waals surface area contributed by atoms with Crippen molar-refractivity contribution in [1.29, 1.82) is 0 Å². The molecule has 4 aromatic rings. The van der Waals surface area contributed by atoms with Crippen molar-refractivity contribution in [2.75, 3.05) is 13.2 Å². The van der Waals surface area contributed by atoms with E-state index in [4.69, 9.17) is 5.73 Å². The number of hydrogen-bond donors (Lipinski definition) is 2. The van der Waals surface area contributed by atoms with Crippen LogP contribution >= 0.6 is 0 Å². The molecule has 3 N–H and O–H groups in total. The number of hydrogen-bond acceptors (Lipinski definition) is 4. The molecule has 184 valence electrons. The van der Waals surface area contributed by atoms with Gasteiger partial charge in [-0.2, -0.15) is 5.10 Å². The first kappa shape index (κ1) is 24.0. The van der Waals surface area contributed by atoms with E-state index in [1.54, 1.807) is 10.7 Å². The van der Waals surface area contributed by atoms with E-state index >= 15 is 0 Å². The molecule has 0 aliphatic carbocycles. The van der Waals surface area contributed by atoms with E-state index in [0.717, 1.165) is 37.3 Å². The lowest BCUT2D eigenvalue weighted by Crippen LogP contribution is -2.31. The van der Waals surface area contributed by atoms with Crippen LogP contribution in [0.25, 0.3) is 16.8 Å². The molecule has 36 heavy (non-hydrogen) atoms. The van der Waals surface area contributed by atoms with E-state index in [2.05, 4.69) is 70.7 Å². The number of likely N-dealkylation sites (tertiary alicyclic amines) is 1. The molecule has 6 heteroatoms. The average molecular weight is 481 g/mol. The Morgan fingerprint density at radius 1 is 0.944 bits per heavy atom. The number of primary amides is 1. The van der Waals surface area contributed by atoms with Crippen LogP contribution in [0, 0.1) is 6.92 Å². The van der Waals surface area contributed by atoms with Crippen LogP contribution < -0.4 is 5.73 Å². The molecule has 1 aliphatic rings. The number of benzene rings is 3. The Hall–Kier alpha value is -3.74. The van der Waals surface area contributed by atoms with Crippen LogP contribution in [0.1, 0.15) is 45.7 Å². The largest absolute Gasteiger partial charge is 0.395 e. The smallest absolute Gasteiger partial charge is 0.269 e. The quantitative estimate of drug-likeness (QED) is 0.389. The zero-order valence-electron chi connectivity index (χ0n) is 20.6. The number of aliphatic hydroxyl groups is 1. The first-order valence-electron chi connectivity index (χ1n) is 12.5. The minimum atomic E-state index is -0.522. The van der Waals surface area contributed by atoms with Gasteiger partial charge in [0.15, 0.2) is 5.69 Å². The number of aryl methyl sites for hydroxylation is 1. The first-order chi connectivity index (χ1) is 17.5. The summed E-state index contributed by atoms with van der Waals surface area (Å²) in [5.41, 5.74) is 13.5. The molecule has 0 bridgehead atoms. The van der Waals surface area contributed by atoms with Crippen molar-refractivity contribution >= 4 is 5.91 Å². The Labute approximate surface area is 212 Å². The van der Waals surface area contributed by atoms with E-state index in [1.165, 1.54) is 34.2 Å². The maximum Gasteiger partial charge on any atom is 0.269 e. The Bertz CT molecular complexity index is 1330. The summed E-state index contributed by atoms with van der Waals surface area (Å²) in [4.78, 5) is 13.8. The zero-order valence-corrected chi connectivity index (χ0v) is 20.6. The van der Waals surface area contributed by atoms with Crippen molar-refractivity contribution in [2.24, 2.45) is 5.73 Å². The molecule has 1 atom stereocenters. The van der Waals surface area contributed by atoms with E-state index < -0.39 is 5.91 Å². The number of amides is 1. The summed E-state index contributed by atoms with van der Waals surface area (Å²) in [6.45, 7) is 4.12. The maximum atomic E-state index is 11.4. The number of nitrogens with zero attached hydrogens (tertiary/aromatic N) is 3. The van der Waals surface area contributed by atoms with Crippen molar-refractivity contribution in [1.82, 2.24) is 14.7 Å². The van der Waals surface area contributed by atoms with Crippen molar-refractivity contribution in [2.45, 2.75) is 38.8 Å². The SMILES string of the molecule is Cc1cc(C(N)=O)nn1-c1ccc(Cc2ccc(-c3ccc(CN4CCC[C@H]4CO)cc3)cc2)cc1. The molecule has 0 unspecified atom stereocenters. The van der Waals surface area contributed by atoms with Crippen LogP contribution in [0.2, 0.25) is 0 Å². The van der Waals surface area contributed by atoms with Crippen LogP contribution in [0.15, 0.2) is 78.9 Å². The fourth-order valence-corrected chi connectivity index (χ4v) is 5.01. The molecule has 1 aromatic heterocycles. The van der Waals surface area contributed by atoms with Crippen LogP contribution in [-0.4, -0.2) is 44.9 Å². The third kappa shape index (κ3) is 5.25. The van der Waals surface area contributed by atoms with Gasteiger partial charge in [0.2, 0.25) is 0 Å². The Balaban J connectivity index is 1.22. The molecule has 1 aliphatic heterocycles. The summed E-state index contributed by atoms with van der Waals surface area (Å²) < 4.78 is 1.74. The van der Waals surface area contributed by atoms with Gasteiger partial charge in [-0.3, -0.25) is 9.69 Å². The third-order valence-corrected chi connectivity index (χ3v) is 7.07. The molecule has 6 nitrogen and oxygen atoms in total. The highest BCUT2D eigenvalue weighted by Gasteiger charge is 2.23. The Morgan fingerprint density at radius 2 is 1.53 bits per heavy atom. The minimum Gasteiger partial charge on any atom is -0.395 e. The molecule has 1 saturated heterocycles. The Morgan fingerprint density at radius 3 is 2.08 bits per heavy atom. The number of aromatic nitrogens is 2. The standard InChI is InChI=1S/C30H32N4O2/c1-21-17-29(30(31)36)32-34(21)27-14-8-23(9-15-27)18-22-4-10-25(11-5-22)26-12-6-24(7-13-26)19-33-16-2-3-28(33)20-35/h4-15,17,28,35H,2-3,16,18-20H2,1H3,(H2,31,36)/t28-/m0/s1. The summed E-state index contributed by atoms with van der Waals surface area (Å²) in [5, 5.41) is 13.8. The second-order valence-corrected chi connectivity index (χ2v) is 9.63. The highest BCUT2D eigenvalue weighted by molar-refractivity contribution is 5.90. The van der Waals surface area contributed by atoms with Crippen molar-refractivity contribution in [3.8, 4) is 16.8 Å². The van der Waals surface area contributed by atoms with Gasteiger partial charge in [0.25, 0.3) is 5.91 Å². The number of nitrogens with two attached hydrogens (primary N) is 1. The van der Waals surface area contributed by atoms with Crippen LogP contribution in [-0.2, 0) is 13.0 Å². The van der Waals surface area contributed by atoms with Crippen molar-refractivity contribution in [3.05, 3.63) is 107 Å². The lowest BCUT2D eigenvalue weighted by atomic mass is 9.99. The van der Waals surface area contributed by atoms with E-state index in [1.807, 2.05) is 19.1 Å². The molecule has 0 radical (unpaired) electrons. The van der Waals surface area contributed by atoms with Crippen LogP contribution in [0.5, 0.6) is 0 Å². The second-order valence-electron chi connectivity index (χ2n) is 9.63. The molecule has 0 saturated carbocycles. The molecule has 1 fully saturated rings. The second kappa shape index (κ2) is 10.5. The highest BCUT2D eigenvalue weighted by atomic mass is 16.3. The summed E-state index contributed by atoms with van der Waals surface area (Å²) >= 11 is 0. The fourth-order valence-electron chi connectivity index (χ4n) is 5.01. The topological polar surface area (TPSA) is 84.4 Å². The molecule has 3 aromatic carbocycles. The van der Waals surface area contributed by atoms with Crippen molar-refractivity contribution < 1.29 is 9.90 Å². The van der Waals surface area contributed by atoms with Gasteiger partial charge in [-0.05, 0) is 78.7 Å². The summed E-state index contributed by atoms with van der Waals surface area (Å²) in [6, 6.07) is 27.7. The predicted octanol–water partition coefficient (Wildman–Crippen LogP) is 4.49. The normalized spacial score (nSPS) is 15.9. The van der Waals surface area contributed by atoms with E-state index in [-0.39, 0.29) is 12.3 Å². The number of aliphatic hydroxyl groups excluding tert-OH is 1. The van der Waals surface area contributed by atoms with Crippen LogP contribution in [0.4, 0.5) is 0 Å². The van der Waals surface area contributed by atoms with E-state index in [0.29, 0.717) is 6.04 Å². The van der Waals surface area contributed by atoms with Gasteiger partial charge >= 0.3 is 0 Å². The highest BCUT2D eigenvalue weighted by Crippen LogP contribution is 2.24. The van der Waals surface area contributed by atoms with E-state index in [9.17, 15) is 9.90 Å². The van der Waals surface area contributed by atoms with Gasteiger partial charge in [0, 0.05) is 18.3 Å². The summed E-state index contributed by atoms with van der Waals surface area (Å²) in [5.74, 6) is -0.522. The minimum absolute atomic E-state index is 0.246. The maximum absolute atomic E-state index is 11.4.